The molecule has 0 radical (unpaired) electrons. The molecule has 0 bridgehead atoms. The van der Waals surface area contributed by atoms with Crippen molar-refractivity contribution in [1.82, 2.24) is 15.0 Å². The molecular formula is C27H20N4O2. The van der Waals surface area contributed by atoms with Crippen molar-refractivity contribution in [2.45, 2.75) is 6.92 Å². The lowest BCUT2D eigenvalue weighted by Gasteiger charge is -2.10. The van der Waals surface area contributed by atoms with E-state index in [-0.39, 0.29) is 5.91 Å². The Morgan fingerprint density at radius 2 is 1.64 bits per heavy atom. The molecule has 2 aromatic heterocycles. The second kappa shape index (κ2) is 8.88. The minimum atomic E-state index is -0.249. The van der Waals surface area contributed by atoms with Gasteiger partial charge in [-0.3, -0.25) is 4.79 Å². The Morgan fingerprint density at radius 1 is 0.848 bits per heavy atom. The average molecular weight is 432 g/mol. The highest BCUT2D eigenvalue weighted by molar-refractivity contribution is 6.08. The number of carbonyl (C=O) groups is 1. The number of rotatable bonds is 5. The molecule has 3 aromatic carbocycles. The number of amides is 1. The van der Waals surface area contributed by atoms with Gasteiger partial charge in [0.15, 0.2) is 5.76 Å². The number of oxazole rings is 1. The molecule has 0 unspecified atom stereocenters. The number of hydrogen-bond donors (Lipinski definition) is 1. The van der Waals surface area contributed by atoms with Gasteiger partial charge in [-0.15, -0.1) is 0 Å². The molecule has 2 heterocycles. The molecule has 0 atom stereocenters. The summed E-state index contributed by atoms with van der Waals surface area (Å²) >= 11 is 0. The molecule has 0 saturated carbocycles. The smallest absolute Gasteiger partial charge is 0.256 e. The fourth-order valence-corrected chi connectivity index (χ4v) is 3.57. The van der Waals surface area contributed by atoms with E-state index in [0.717, 1.165) is 16.8 Å². The van der Waals surface area contributed by atoms with Gasteiger partial charge in [-0.1, -0.05) is 54.6 Å². The van der Waals surface area contributed by atoms with Crippen LogP contribution in [-0.4, -0.2) is 20.9 Å². The minimum absolute atomic E-state index is 0.249. The summed E-state index contributed by atoms with van der Waals surface area (Å²) in [7, 11) is 0. The maximum atomic E-state index is 13.2. The average Bonchev–Trinajstić information content (AvgIpc) is 3.35. The van der Waals surface area contributed by atoms with Crippen LogP contribution in [0.25, 0.3) is 34.0 Å². The van der Waals surface area contributed by atoms with Crippen LogP contribution in [0.2, 0.25) is 0 Å². The maximum Gasteiger partial charge on any atom is 0.256 e. The zero-order chi connectivity index (χ0) is 22.6. The molecule has 5 aromatic rings. The first kappa shape index (κ1) is 20.3. The van der Waals surface area contributed by atoms with Crippen molar-refractivity contribution in [2.24, 2.45) is 0 Å². The molecule has 33 heavy (non-hydrogen) atoms. The van der Waals surface area contributed by atoms with Crippen LogP contribution in [-0.2, 0) is 0 Å². The predicted octanol–water partition coefficient (Wildman–Crippen LogP) is 6.03. The van der Waals surface area contributed by atoms with Crippen molar-refractivity contribution in [1.29, 1.82) is 0 Å². The third-order valence-electron chi connectivity index (χ3n) is 5.16. The van der Waals surface area contributed by atoms with Gasteiger partial charge in [0.2, 0.25) is 5.89 Å². The first-order chi connectivity index (χ1) is 16.2. The fourth-order valence-electron chi connectivity index (χ4n) is 3.57. The largest absolute Gasteiger partial charge is 0.436 e. The number of nitrogens with zero attached hydrogens (tertiary/aromatic N) is 3. The summed E-state index contributed by atoms with van der Waals surface area (Å²) in [4.78, 5) is 26.2. The van der Waals surface area contributed by atoms with E-state index < -0.39 is 0 Å². The first-order valence-corrected chi connectivity index (χ1v) is 10.5. The number of benzene rings is 3. The van der Waals surface area contributed by atoms with E-state index in [1.807, 2.05) is 85.8 Å². The standard InChI is InChI=1S/C27H20N4O2/c1-18-28-15-14-24(30-18)20-10-7-11-21(16-20)31-26(32)22-12-5-6-13-23(22)27-29-17-25(33-27)19-8-3-2-4-9-19/h2-17H,1H3,(H,31,32). The van der Waals surface area contributed by atoms with Crippen molar-refractivity contribution in [3.63, 3.8) is 0 Å². The third-order valence-corrected chi connectivity index (χ3v) is 5.16. The van der Waals surface area contributed by atoms with Gasteiger partial charge in [0, 0.05) is 28.6 Å². The van der Waals surface area contributed by atoms with Gasteiger partial charge in [-0.2, -0.15) is 0 Å². The van der Waals surface area contributed by atoms with Crippen LogP contribution in [0.3, 0.4) is 0 Å². The van der Waals surface area contributed by atoms with E-state index >= 15 is 0 Å². The van der Waals surface area contributed by atoms with E-state index in [2.05, 4.69) is 20.3 Å². The minimum Gasteiger partial charge on any atom is -0.436 e. The number of carbonyl (C=O) groups excluding carboxylic acids is 1. The monoisotopic (exact) mass is 432 g/mol. The van der Waals surface area contributed by atoms with E-state index in [1.54, 1.807) is 18.5 Å². The number of hydrogen-bond acceptors (Lipinski definition) is 5. The fraction of sp³-hybridized carbons (Fsp3) is 0.0370. The van der Waals surface area contributed by atoms with Gasteiger partial charge in [0.25, 0.3) is 5.91 Å². The quantitative estimate of drug-likeness (QED) is 0.367. The summed E-state index contributed by atoms with van der Waals surface area (Å²) in [5.74, 6) is 1.48. The number of nitrogens with one attached hydrogen (secondary N) is 1. The Morgan fingerprint density at radius 3 is 2.48 bits per heavy atom. The molecule has 1 amide bonds. The van der Waals surface area contributed by atoms with Gasteiger partial charge in [0.1, 0.15) is 5.82 Å². The number of anilines is 1. The van der Waals surface area contributed by atoms with Crippen molar-refractivity contribution < 1.29 is 9.21 Å². The van der Waals surface area contributed by atoms with Gasteiger partial charge in [-0.25, -0.2) is 15.0 Å². The van der Waals surface area contributed by atoms with Crippen molar-refractivity contribution in [2.75, 3.05) is 5.32 Å². The molecule has 1 N–H and O–H groups in total. The summed E-state index contributed by atoms with van der Waals surface area (Å²) in [6, 6.07) is 26.4. The highest BCUT2D eigenvalue weighted by Crippen LogP contribution is 2.29. The van der Waals surface area contributed by atoms with Crippen LogP contribution in [0.5, 0.6) is 0 Å². The van der Waals surface area contributed by atoms with Gasteiger partial charge in [-0.05, 0) is 37.3 Å². The first-order valence-electron chi connectivity index (χ1n) is 10.5. The van der Waals surface area contributed by atoms with Crippen LogP contribution < -0.4 is 5.32 Å². The maximum absolute atomic E-state index is 13.2. The summed E-state index contributed by atoms with van der Waals surface area (Å²) in [6.07, 6.45) is 3.39. The lowest BCUT2D eigenvalue weighted by atomic mass is 10.1. The Hall–Kier alpha value is -4.58. The molecule has 0 aliphatic heterocycles. The van der Waals surface area contributed by atoms with Crippen molar-refractivity contribution in [3.05, 3.63) is 109 Å². The molecule has 160 valence electrons. The highest BCUT2D eigenvalue weighted by Gasteiger charge is 2.17. The predicted molar refractivity (Wildman–Crippen MR) is 128 cm³/mol. The molecule has 0 spiro atoms. The molecule has 6 nitrogen and oxygen atoms in total. The molecular weight excluding hydrogens is 412 g/mol. The van der Waals surface area contributed by atoms with Crippen LogP contribution in [0.1, 0.15) is 16.2 Å². The molecule has 0 aliphatic carbocycles. The second-order valence-electron chi connectivity index (χ2n) is 7.47. The topological polar surface area (TPSA) is 80.9 Å². The van der Waals surface area contributed by atoms with Crippen LogP contribution in [0.4, 0.5) is 5.69 Å². The van der Waals surface area contributed by atoms with Crippen molar-refractivity contribution in [3.8, 4) is 34.0 Å². The van der Waals surface area contributed by atoms with E-state index in [1.165, 1.54) is 0 Å². The van der Waals surface area contributed by atoms with Crippen LogP contribution in [0.15, 0.2) is 102 Å². The van der Waals surface area contributed by atoms with Gasteiger partial charge < -0.3 is 9.73 Å². The van der Waals surface area contributed by atoms with Gasteiger partial charge in [0.05, 0.1) is 17.5 Å². The number of aryl methyl sites for hydroxylation is 1. The molecule has 5 rings (SSSR count). The summed E-state index contributed by atoms with van der Waals surface area (Å²) in [6.45, 7) is 1.85. The van der Waals surface area contributed by atoms with E-state index in [9.17, 15) is 4.79 Å². The zero-order valence-corrected chi connectivity index (χ0v) is 17.9. The third kappa shape index (κ3) is 4.41. The molecule has 0 aliphatic rings. The van der Waals surface area contributed by atoms with Crippen LogP contribution >= 0.6 is 0 Å². The zero-order valence-electron chi connectivity index (χ0n) is 17.9. The van der Waals surface area contributed by atoms with Gasteiger partial charge >= 0.3 is 0 Å². The normalized spacial score (nSPS) is 10.7. The number of aromatic nitrogens is 3. The van der Waals surface area contributed by atoms with Crippen LogP contribution in [0, 0.1) is 6.92 Å². The van der Waals surface area contributed by atoms with E-state index in [4.69, 9.17) is 4.42 Å². The van der Waals surface area contributed by atoms with E-state index in [0.29, 0.717) is 34.3 Å². The lowest BCUT2D eigenvalue weighted by Crippen LogP contribution is -2.13. The molecule has 6 heteroatoms. The second-order valence-corrected chi connectivity index (χ2v) is 7.47. The molecule has 0 saturated heterocycles. The summed E-state index contributed by atoms with van der Waals surface area (Å²) in [5.41, 5.74) is 4.39. The Labute approximate surface area is 191 Å². The Balaban J connectivity index is 1.42. The summed E-state index contributed by atoms with van der Waals surface area (Å²) in [5, 5.41) is 2.98. The highest BCUT2D eigenvalue weighted by atomic mass is 16.4. The lowest BCUT2D eigenvalue weighted by molar-refractivity contribution is 0.102. The Kier molecular flexibility index (Phi) is 5.47. The SMILES string of the molecule is Cc1nccc(-c2cccc(NC(=O)c3ccccc3-c3ncc(-c4ccccc4)o3)c2)n1. The Bertz CT molecular complexity index is 1430. The summed E-state index contributed by atoms with van der Waals surface area (Å²) < 4.78 is 5.98. The van der Waals surface area contributed by atoms with Crippen molar-refractivity contribution >= 4 is 11.6 Å². The molecule has 0 fully saturated rings.